The van der Waals surface area contributed by atoms with Gasteiger partial charge in [-0.15, -0.1) is 0 Å². The molecule has 3 heterocycles. The molecule has 148 valence electrons. The molecule has 0 unspecified atom stereocenters. The summed E-state index contributed by atoms with van der Waals surface area (Å²) in [6, 6.07) is 20.7. The zero-order valence-electron chi connectivity index (χ0n) is 15.9. The standard InChI is InChI=1S/C24H12N2O4S/c27-20-16-10-14-8-4-5-9-15(14)11-18(16)29-24(28)17(20)12-19-25-23-21(30-19)26-22(31-23)13-6-2-1-3-7-13/h1-12H/b17-12-. The molecule has 6 nitrogen and oxygen atoms in total. The molecule has 5 aromatic rings. The molecule has 0 spiro atoms. The Labute approximate surface area is 179 Å². The molecule has 0 saturated carbocycles. The smallest absolute Gasteiger partial charge is 0.347 e. The molecule has 0 saturated heterocycles. The first-order valence-corrected chi connectivity index (χ1v) is 10.3. The largest absolute Gasteiger partial charge is 0.422 e. The first kappa shape index (κ1) is 17.7. The van der Waals surface area contributed by atoms with Gasteiger partial charge in [0.05, 0.1) is 5.56 Å². The average molecular weight is 424 g/mol. The molecule has 1 aliphatic rings. The minimum Gasteiger partial charge on any atom is -0.422 e. The number of esters is 1. The maximum absolute atomic E-state index is 13.0. The number of carbonyl (C=O) groups excluding carboxylic acids is 2. The number of fused-ring (bicyclic) bond motifs is 3. The van der Waals surface area contributed by atoms with Crippen molar-refractivity contribution in [1.82, 2.24) is 9.97 Å². The summed E-state index contributed by atoms with van der Waals surface area (Å²) in [7, 11) is 0. The van der Waals surface area contributed by atoms with E-state index >= 15 is 0 Å². The predicted molar refractivity (Wildman–Crippen MR) is 117 cm³/mol. The van der Waals surface area contributed by atoms with Crippen LogP contribution in [0.2, 0.25) is 0 Å². The van der Waals surface area contributed by atoms with Crippen molar-refractivity contribution >= 4 is 50.5 Å². The lowest BCUT2D eigenvalue weighted by atomic mass is 9.96. The number of carbonyl (C=O) groups is 2. The number of oxazole rings is 1. The van der Waals surface area contributed by atoms with Crippen molar-refractivity contribution in [3.05, 3.63) is 83.8 Å². The minimum absolute atomic E-state index is 0.125. The van der Waals surface area contributed by atoms with Gasteiger partial charge in [0.15, 0.2) is 4.83 Å². The molecule has 0 N–H and O–H groups in total. The van der Waals surface area contributed by atoms with Crippen LogP contribution in [0.3, 0.4) is 0 Å². The van der Waals surface area contributed by atoms with Crippen molar-refractivity contribution in [3.8, 4) is 16.3 Å². The number of hydrogen-bond donors (Lipinski definition) is 0. The minimum atomic E-state index is -0.729. The van der Waals surface area contributed by atoms with E-state index in [4.69, 9.17) is 9.15 Å². The number of hydrogen-bond acceptors (Lipinski definition) is 7. The van der Waals surface area contributed by atoms with E-state index in [1.54, 1.807) is 12.1 Å². The van der Waals surface area contributed by atoms with Crippen LogP contribution in [0.1, 0.15) is 16.2 Å². The SMILES string of the molecule is O=C1Oc2cc3ccccc3cc2C(=O)/C1=C/c1nc2sc(-c3ccccc3)nc2o1. The average Bonchev–Trinajstić information content (AvgIpc) is 3.35. The van der Waals surface area contributed by atoms with Gasteiger partial charge >= 0.3 is 5.97 Å². The number of thiazole rings is 1. The van der Waals surface area contributed by atoms with E-state index in [0.717, 1.165) is 21.3 Å². The highest BCUT2D eigenvalue weighted by molar-refractivity contribution is 7.21. The van der Waals surface area contributed by atoms with Crippen LogP contribution in [0.15, 0.2) is 76.7 Å². The molecule has 0 fully saturated rings. The van der Waals surface area contributed by atoms with Crippen molar-refractivity contribution in [2.24, 2.45) is 0 Å². The van der Waals surface area contributed by atoms with Gasteiger partial charge in [-0.2, -0.15) is 9.97 Å². The summed E-state index contributed by atoms with van der Waals surface area (Å²) in [6.45, 7) is 0. The van der Waals surface area contributed by atoms with Gasteiger partial charge in [0.25, 0.3) is 5.71 Å². The van der Waals surface area contributed by atoms with E-state index in [1.165, 1.54) is 17.4 Å². The van der Waals surface area contributed by atoms with E-state index in [-0.39, 0.29) is 17.2 Å². The van der Waals surface area contributed by atoms with E-state index < -0.39 is 11.8 Å². The lowest BCUT2D eigenvalue weighted by molar-refractivity contribution is -0.130. The fraction of sp³-hybridized carbons (Fsp3) is 0. The summed E-state index contributed by atoms with van der Waals surface area (Å²) >= 11 is 1.38. The summed E-state index contributed by atoms with van der Waals surface area (Å²) in [5, 5.41) is 2.57. The molecular weight excluding hydrogens is 412 g/mol. The Morgan fingerprint density at radius 1 is 0.871 bits per heavy atom. The maximum Gasteiger partial charge on any atom is 0.347 e. The summed E-state index contributed by atoms with van der Waals surface area (Å²) < 4.78 is 11.1. The van der Waals surface area contributed by atoms with Crippen LogP contribution in [-0.4, -0.2) is 21.7 Å². The first-order valence-electron chi connectivity index (χ1n) is 9.50. The van der Waals surface area contributed by atoms with Crippen molar-refractivity contribution in [2.45, 2.75) is 0 Å². The normalized spacial score (nSPS) is 14.9. The third kappa shape index (κ3) is 2.94. The fourth-order valence-electron chi connectivity index (χ4n) is 3.54. The fourth-order valence-corrected chi connectivity index (χ4v) is 4.42. The number of benzene rings is 3. The van der Waals surface area contributed by atoms with Gasteiger partial charge in [-0.05, 0) is 22.9 Å². The Kier molecular flexibility index (Phi) is 3.84. The molecule has 0 amide bonds. The second-order valence-corrected chi connectivity index (χ2v) is 8.00. The molecule has 0 aliphatic carbocycles. The second kappa shape index (κ2) is 6.72. The number of aromatic nitrogens is 2. The molecule has 1 aliphatic heterocycles. The zero-order valence-corrected chi connectivity index (χ0v) is 16.7. The summed E-state index contributed by atoms with van der Waals surface area (Å²) in [5.41, 5.74) is 1.54. The number of rotatable bonds is 2. The van der Waals surface area contributed by atoms with E-state index in [2.05, 4.69) is 9.97 Å². The lowest BCUT2D eigenvalue weighted by Gasteiger charge is -2.17. The van der Waals surface area contributed by atoms with Gasteiger partial charge in [0.1, 0.15) is 16.3 Å². The molecule has 2 aromatic heterocycles. The van der Waals surface area contributed by atoms with E-state index in [9.17, 15) is 9.59 Å². The van der Waals surface area contributed by atoms with Gasteiger partial charge < -0.3 is 9.15 Å². The topological polar surface area (TPSA) is 82.3 Å². The Morgan fingerprint density at radius 2 is 1.61 bits per heavy atom. The number of nitrogens with zero attached hydrogens (tertiary/aromatic N) is 2. The Morgan fingerprint density at radius 3 is 2.39 bits per heavy atom. The zero-order chi connectivity index (χ0) is 20.9. The van der Waals surface area contributed by atoms with Crippen LogP contribution in [-0.2, 0) is 4.79 Å². The van der Waals surface area contributed by atoms with Crippen LogP contribution >= 0.6 is 11.3 Å². The van der Waals surface area contributed by atoms with Crippen molar-refractivity contribution < 1.29 is 18.7 Å². The highest BCUT2D eigenvalue weighted by Crippen LogP contribution is 2.34. The molecule has 0 radical (unpaired) electrons. The Bertz CT molecular complexity index is 1510. The third-order valence-corrected chi connectivity index (χ3v) is 6.02. The molecule has 3 aromatic carbocycles. The van der Waals surface area contributed by atoms with Crippen molar-refractivity contribution in [2.75, 3.05) is 0 Å². The molecule has 31 heavy (non-hydrogen) atoms. The monoisotopic (exact) mass is 424 g/mol. The van der Waals surface area contributed by atoms with Gasteiger partial charge in [-0.25, -0.2) is 4.79 Å². The molecule has 0 bridgehead atoms. The van der Waals surface area contributed by atoms with Gasteiger partial charge in [-0.3, -0.25) is 4.79 Å². The van der Waals surface area contributed by atoms with Gasteiger partial charge in [0, 0.05) is 11.6 Å². The van der Waals surface area contributed by atoms with Crippen LogP contribution in [0.25, 0.3) is 38.0 Å². The van der Waals surface area contributed by atoms with Crippen LogP contribution in [0.4, 0.5) is 0 Å². The van der Waals surface area contributed by atoms with Gasteiger partial charge in [0.2, 0.25) is 11.7 Å². The predicted octanol–water partition coefficient (Wildman–Crippen LogP) is 5.29. The highest BCUT2D eigenvalue weighted by Gasteiger charge is 2.32. The van der Waals surface area contributed by atoms with Crippen LogP contribution in [0, 0.1) is 0 Å². The molecule has 6 rings (SSSR count). The van der Waals surface area contributed by atoms with Crippen LogP contribution in [0.5, 0.6) is 5.75 Å². The molecular formula is C24H12N2O4S. The van der Waals surface area contributed by atoms with Gasteiger partial charge in [-0.1, -0.05) is 65.9 Å². The number of ketones is 1. The van der Waals surface area contributed by atoms with Crippen LogP contribution < -0.4 is 4.74 Å². The van der Waals surface area contributed by atoms with E-state index in [1.807, 2.05) is 54.6 Å². The Balaban J connectivity index is 1.38. The summed E-state index contributed by atoms with van der Waals surface area (Å²) in [6.07, 6.45) is 1.32. The lowest BCUT2D eigenvalue weighted by Crippen LogP contribution is -2.25. The number of ether oxygens (including phenoxy) is 1. The molecule has 0 atom stereocenters. The third-order valence-electron chi connectivity index (χ3n) is 5.04. The highest BCUT2D eigenvalue weighted by atomic mass is 32.1. The second-order valence-electron chi connectivity index (χ2n) is 7.02. The summed E-state index contributed by atoms with van der Waals surface area (Å²) in [4.78, 5) is 35.0. The first-order chi connectivity index (χ1) is 15.2. The van der Waals surface area contributed by atoms with E-state index in [0.29, 0.717) is 16.1 Å². The van der Waals surface area contributed by atoms with Crippen molar-refractivity contribution in [1.29, 1.82) is 0 Å². The summed E-state index contributed by atoms with van der Waals surface area (Å²) in [5.74, 6) is -0.755. The Hall–Kier alpha value is -4.10. The molecule has 7 heteroatoms. The maximum atomic E-state index is 13.0. The van der Waals surface area contributed by atoms with Crippen molar-refractivity contribution in [3.63, 3.8) is 0 Å². The quantitative estimate of drug-likeness (QED) is 0.166. The number of Topliss-reactive ketones (excluding diaryl/α,β-unsaturated/α-hetero) is 1.